The number of benzene rings is 4. The minimum absolute atomic E-state index is 0.00273. The molecule has 0 aliphatic heterocycles. The number of carbonyl (C=O) groups excluding carboxylic acids is 2. The van der Waals surface area contributed by atoms with Gasteiger partial charge in [0.1, 0.15) is 0 Å². The van der Waals surface area contributed by atoms with Gasteiger partial charge in [0.05, 0.1) is 20.9 Å². The Labute approximate surface area is 218 Å². The number of nitro benzene ring substituents is 1. The summed E-state index contributed by atoms with van der Waals surface area (Å²) in [7, 11) is 0. The summed E-state index contributed by atoms with van der Waals surface area (Å²) in [6.45, 7) is 1.39. The largest absolute Gasteiger partial charge is 0.449 e. The van der Waals surface area contributed by atoms with Gasteiger partial charge in [0.15, 0.2) is 6.10 Å². The van der Waals surface area contributed by atoms with Gasteiger partial charge in [0, 0.05) is 16.6 Å². The lowest BCUT2D eigenvalue weighted by molar-refractivity contribution is -0.388. The van der Waals surface area contributed by atoms with Crippen molar-refractivity contribution < 1.29 is 32.4 Å². The molecule has 1 amide bonds. The number of hydrogen-bond donors (Lipinski definition) is 1. The number of anilines is 1. The molecule has 38 heavy (non-hydrogen) atoms. The lowest BCUT2D eigenvalue weighted by atomic mass is 10.1. The van der Waals surface area contributed by atoms with Gasteiger partial charge in [-0.25, -0.2) is 4.79 Å². The van der Waals surface area contributed by atoms with Gasteiger partial charge in [0.25, 0.3) is 11.6 Å². The molecule has 0 aromatic heterocycles. The Kier molecular flexibility index (Phi) is 7.67. The summed E-state index contributed by atoms with van der Waals surface area (Å²) >= 11 is 0.746. The van der Waals surface area contributed by atoms with E-state index in [-0.39, 0.29) is 15.4 Å². The van der Waals surface area contributed by atoms with Crippen molar-refractivity contribution in [2.75, 3.05) is 5.32 Å². The van der Waals surface area contributed by atoms with Crippen molar-refractivity contribution in [3.05, 3.63) is 106 Å². The number of fused-ring (bicyclic) bond motifs is 1. The van der Waals surface area contributed by atoms with E-state index < -0.39 is 40.3 Å². The highest BCUT2D eigenvalue weighted by molar-refractivity contribution is 7.99. The van der Waals surface area contributed by atoms with Gasteiger partial charge in [-0.15, -0.1) is 0 Å². The highest BCUT2D eigenvalue weighted by Crippen LogP contribution is 2.40. The molecule has 0 aliphatic carbocycles. The molecule has 1 atom stereocenters. The summed E-state index contributed by atoms with van der Waals surface area (Å²) in [6.07, 6.45) is -5.94. The van der Waals surface area contributed by atoms with Crippen molar-refractivity contribution in [3.63, 3.8) is 0 Å². The predicted octanol–water partition coefficient (Wildman–Crippen LogP) is 7.10. The number of ether oxygens (including phenoxy) is 1. The van der Waals surface area contributed by atoms with Crippen molar-refractivity contribution in [1.29, 1.82) is 0 Å². The zero-order valence-corrected chi connectivity index (χ0v) is 20.5. The average Bonchev–Trinajstić information content (AvgIpc) is 2.88. The number of hydrogen-bond acceptors (Lipinski definition) is 6. The SMILES string of the molecule is C[C@@H](OC(=O)c1ccccc1Sc1ccc(C(F)(F)F)cc1[N+](=O)[O-])C(=O)Nc1ccc2ccccc2c1. The lowest BCUT2D eigenvalue weighted by Crippen LogP contribution is -2.30. The normalized spacial score (nSPS) is 12.1. The maximum absolute atomic E-state index is 13.0. The summed E-state index contributed by atoms with van der Waals surface area (Å²) in [6, 6.07) is 21.1. The highest BCUT2D eigenvalue weighted by Gasteiger charge is 2.33. The molecule has 7 nitrogen and oxygen atoms in total. The van der Waals surface area contributed by atoms with Crippen molar-refractivity contribution in [1.82, 2.24) is 0 Å². The Hall–Kier alpha value is -4.38. The molecule has 0 heterocycles. The fourth-order valence-corrected chi connectivity index (χ4v) is 4.57. The first-order valence-electron chi connectivity index (χ1n) is 11.2. The van der Waals surface area contributed by atoms with Crippen molar-refractivity contribution >= 4 is 45.8 Å². The molecule has 0 bridgehead atoms. The van der Waals surface area contributed by atoms with Gasteiger partial charge < -0.3 is 10.1 Å². The van der Waals surface area contributed by atoms with Crippen molar-refractivity contribution in [2.24, 2.45) is 0 Å². The quantitative estimate of drug-likeness (QED) is 0.153. The Morgan fingerprint density at radius 3 is 2.32 bits per heavy atom. The molecule has 0 saturated carbocycles. The summed E-state index contributed by atoms with van der Waals surface area (Å²) in [5.41, 5.74) is -1.40. The van der Waals surface area contributed by atoms with E-state index in [0.29, 0.717) is 11.8 Å². The molecule has 4 aromatic carbocycles. The van der Waals surface area contributed by atoms with Crippen LogP contribution in [-0.2, 0) is 15.7 Å². The standard InChI is InChI=1S/C27H19F3N2O5S/c1-16(25(33)31-20-12-10-17-6-2-3-7-18(17)14-20)37-26(34)21-8-4-5-9-23(21)38-24-13-11-19(27(28,29)30)15-22(24)32(35)36/h2-16H,1H3,(H,31,33)/t16-/m1/s1. The molecule has 4 rings (SSSR count). The molecule has 0 unspecified atom stereocenters. The fraction of sp³-hybridized carbons (Fsp3) is 0.111. The number of rotatable bonds is 7. The first kappa shape index (κ1) is 26.7. The molecule has 0 saturated heterocycles. The molecular formula is C27H19F3N2O5S. The van der Waals surface area contributed by atoms with E-state index in [0.717, 1.165) is 34.7 Å². The maximum atomic E-state index is 13.0. The highest BCUT2D eigenvalue weighted by atomic mass is 32.2. The molecule has 0 radical (unpaired) electrons. The van der Waals surface area contributed by atoms with E-state index in [4.69, 9.17) is 4.74 Å². The van der Waals surface area contributed by atoms with Crippen molar-refractivity contribution in [3.8, 4) is 0 Å². The van der Waals surface area contributed by atoms with Gasteiger partial charge >= 0.3 is 12.1 Å². The zero-order chi connectivity index (χ0) is 27.4. The van der Waals surface area contributed by atoms with E-state index >= 15 is 0 Å². The number of nitrogens with one attached hydrogen (secondary N) is 1. The summed E-state index contributed by atoms with van der Waals surface area (Å²) < 4.78 is 44.4. The topological polar surface area (TPSA) is 98.5 Å². The molecule has 0 spiro atoms. The van der Waals surface area contributed by atoms with Gasteiger partial charge in [-0.1, -0.05) is 54.2 Å². The Morgan fingerprint density at radius 2 is 1.61 bits per heavy atom. The molecular weight excluding hydrogens is 521 g/mol. The number of alkyl halides is 3. The van der Waals surface area contributed by atoms with Crippen LogP contribution >= 0.6 is 11.8 Å². The first-order chi connectivity index (χ1) is 18.0. The van der Waals surface area contributed by atoms with Crippen LogP contribution in [0.2, 0.25) is 0 Å². The van der Waals surface area contributed by atoms with Crippen molar-refractivity contribution in [2.45, 2.75) is 29.0 Å². The second-order valence-corrected chi connectivity index (χ2v) is 9.22. The third kappa shape index (κ3) is 6.12. The number of nitrogens with zero attached hydrogens (tertiary/aromatic N) is 1. The monoisotopic (exact) mass is 540 g/mol. The predicted molar refractivity (Wildman–Crippen MR) is 136 cm³/mol. The van der Waals surface area contributed by atoms with Crippen LogP contribution in [0.3, 0.4) is 0 Å². The number of amides is 1. The minimum Gasteiger partial charge on any atom is -0.449 e. The first-order valence-corrected chi connectivity index (χ1v) is 12.0. The van der Waals surface area contributed by atoms with Crippen LogP contribution in [0.15, 0.2) is 94.7 Å². The van der Waals surface area contributed by atoms with E-state index in [1.165, 1.54) is 25.1 Å². The second kappa shape index (κ2) is 10.9. The van der Waals surface area contributed by atoms with Gasteiger partial charge in [0.2, 0.25) is 0 Å². The fourth-order valence-electron chi connectivity index (χ4n) is 3.55. The number of halogens is 3. The molecule has 0 aliphatic rings. The molecule has 0 fully saturated rings. The van der Waals surface area contributed by atoms with Crippen LogP contribution in [0.4, 0.5) is 24.5 Å². The summed E-state index contributed by atoms with van der Waals surface area (Å²) in [4.78, 5) is 36.2. The van der Waals surface area contributed by atoms with Crippen LogP contribution in [0.5, 0.6) is 0 Å². The van der Waals surface area contributed by atoms with Crippen LogP contribution in [-0.4, -0.2) is 22.9 Å². The second-order valence-electron chi connectivity index (χ2n) is 8.13. The van der Waals surface area contributed by atoms with E-state index in [2.05, 4.69) is 5.32 Å². The van der Waals surface area contributed by atoms with Gasteiger partial charge in [-0.05, 0) is 54.1 Å². The lowest BCUT2D eigenvalue weighted by Gasteiger charge is -2.15. The van der Waals surface area contributed by atoms with E-state index in [9.17, 15) is 32.9 Å². The average molecular weight is 541 g/mol. The van der Waals surface area contributed by atoms with Crippen LogP contribution in [0.25, 0.3) is 10.8 Å². The molecule has 1 N–H and O–H groups in total. The van der Waals surface area contributed by atoms with Crippen LogP contribution in [0, 0.1) is 10.1 Å². The number of nitro groups is 1. The Balaban J connectivity index is 1.50. The Morgan fingerprint density at radius 1 is 0.921 bits per heavy atom. The van der Waals surface area contributed by atoms with Gasteiger partial charge in [-0.2, -0.15) is 13.2 Å². The summed E-state index contributed by atoms with van der Waals surface area (Å²) in [5, 5.41) is 16.0. The van der Waals surface area contributed by atoms with Crippen LogP contribution < -0.4 is 5.32 Å². The minimum atomic E-state index is -4.75. The molecule has 11 heteroatoms. The van der Waals surface area contributed by atoms with Crippen LogP contribution in [0.1, 0.15) is 22.8 Å². The maximum Gasteiger partial charge on any atom is 0.416 e. The van der Waals surface area contributed by atoms with E-state index in [1.54, 1.807) is 18.2 Å². The number of carbonyl (C=O) groups is 2. The third-order valence-corrected chi connectivity index (χ3v) is 6.62. The smallest absolute Gasteiger partial charge is 0.416 e. The third-order valence-electron chi connectivity index (χ3n) is 5.48. The number of esters is 1. The Bertz CT molecular complexity index is 1540. The molecule has 194 valence electrons. The molecule has 4 aromatic rings. The summed E-state index contributed by atoms with van der Waals surface area (Å²) in [5.74, 6) is -1.44. The van der Waals surface area contributed by atoms with Gasteiger partial charge in [-0.3, -0.25) is 14.9 Å². The zero-order valence-electron chi connectivity index (χ0n) is 19.7. The van der Waals surface area contributed by atoms with E-state index in [1.807, 2.05) is 30.3 Å².